The van der Waals surface area contributed by atoms with Crippen molar-refractivity contribution in [3.05, 3.63) is 29.8 Å². The topological polar surface area (TPSA) is 38.8 Å². The van der Waals surface area contributed by atoms with Crippen LogP contribution < -0.4 is 4.74 Å². The minimum Gasteiger partial charge on any atom is -0.491 e. The first-order valence-corrected chi connectivity index (χ1v) is 8.33. The summed E-state index contributed by atoms with van der Waals surface area (Å²) in [6.07, 6.45) is 5.96. The molecule has 1 saturated carbocycles. The number of hydrogen-bond acceptors (Lipinski definition) is 3. The van der Waals surface area contributed by atoms with Crippen molar-refractivity contribution in [3.63, 3.8) is 0 Å². The minimum atomic E-state index is 0.157. The van der Waals surface area contributed by atoms with Crippen LogP contribution in [0.5, 0.6) is 5.75 Å². The summed E-state index contributed by atoms with van der Waals surface area (Å²) in [5, 5.41) is 0. The van der Waals surface area contributed by atoms with Gasteiger partial charge in [-0.05, 0) is 49.8 Å². The van der Waals surface area contributed by atoms with E-state index in [1.807, 2.05) is 23.1 Å². The van der Waals surface area contributed by atoms with E-state index in [0.29, 0.717) is 19.2 Å². The molecule has 1 atom stereocenters. The molecule has 0 radical (unpaired) electrons. The number of carbonyl (C=O) groups is 1. The van der Waals surface area contributed by atoms with Crippen molar-refractivity contribution >= 4 is 5.91 Å². The van der Waals surface area contributed by atoms with Crippen LogP contribution in [0.3, 0.4) is 0 Å². The maximum absolute atomic E-state index is 11.7. The predicted molar refractivity (Wildman–Crippen MR) is 84.8 cm³/mol. The third-order valence-electron chi connectivity index (χ3n) is 4.35. The minimum absolute atomic E-state index is 0.157. The first kappa shape index (κ1) is 15.3. The maximum atomic E-state index is 11.7. The molecule has 4 nitrogen and oxygen atoms in total. The molecule has 1 aliphatic heterocycles. The Hall–Kier alpha value is -1.55. The second-order valence-corrected chi connectivity index (χ2v) is 6.33. The molecule has 0 unspecified atom stereocenters. The number of hydrogen-bond donors (Lipinski definition) is 0. The van der Waals surface area contributed by atoms with Crippen LogP contribution in [0.4, 0.5) is 0 Å². The van der Waals surface area contributed by atoms with Gasteiger partial charge in [0, 0.05) is 26.1 Å². The first-order valence-electron chi connectivity index (χ1n) is 8.33. The highest BCUT2D eigenvalue weighted by Gasteiger charge is 2.30. The summed E-state index contributed by atoms with van der Waals surface area (Å²) in [6.45, 7) is 3.79. The summed E-state index contributed by atoms with van der Waals surface area (Å²) in [5.74, 6) is 1.02. The SMILES string of the molecule is CC(=O)N(Cc1cccc(OC[C@H]2CCCCO2)c1)C1CC1. The lowest BCUT2D eigenvalue weighted by Crippen LogP contribution is -2.30. The highest BCUT2D eigenvalue weighted by molar-refractivity contribution is 5.74. The Morgan fingerprint density at radius 1 is 1.32 bits per heavy atom. The fourth-order valence-corrected chi connectivity index (χ4v) is 2.94. The van der Waals surface area contributed by atoms with Gasteiger partial charge in [-0.15, -0.1) is 0 Å². The molecule has 4 heteroatoms. The van der Waals surface area contributed by atoms with Gasteiger partial charge in [0.05, 0.1) is 6.10 Å². The van der Waals surface area contributed by atoms with Crippen LogP contribution in [0.1, 0.15) is 44.6 Å². The van der Waals surface area contributed by atoms with Crippen LogP contribution in [-0.4, -0.2) is 36.2 Å². The molecule has 1 amide bonds. The van der Waals surface area contributed by atoms with Gasteiger partial charge in [0.25, 0.3) is 0 Å². The molecule has 1 aliphatic carbocycles. The highest BCUT2D eigenvalue weighted by atomic mass is 16.5. The van der Waals surface area contributed by atoms with Crippen molar-refractivity contribution in [2.75, 3.05) is 13.2 Å². The van der Waals surface area contributed by atoms with Crippen molar-refractivity contribution in [2.24, 2.45) is 0 Å². The van der Waals surface area contributed by atoms with Gasteiger partial charge in [0.15, 0.2) is 0 Å². The average Bonchev–Trinajstić information content (AvgIpc) is 3.36. The van der Waals surface area contributed by atoms with Crippen LogP contribution >= 0.6 is 0 Å². The second-order valence-electron chi connectivity index (χ2n) is 6.33. The zero-order valence-electron chi connectivity index (χ0n) is 13.3. The van der Waals surface area contributed by atoms with Gasteiger partial charge in [-0.2, -0.15) is 0 Å². The molecule has 0 N–H and O–H groups in total. The Balaban J connectivity index is 1.55. The van der Waals surface area contributed by atoms with Gasteiger partial charge < -0.3 is 14.4 Å². The van der Waals surface area contributed by atoms with E-state index in [4.69, 9.17) is 9.47 Å². The molecule has 1 aromatic rings. The first-order chi connectivity index (χ1) is 10.7. The van der Waals surface area contributed by atoms with E-state index < -0.39 is 0 Å². The zero-order valence-corrected chi connectivity index (χ0v) is 13.3. The summed E-state index contributed by atoms with van der Waals surface area (Å²) in [5.41, 5.74) is 1.13. The van der Waals surface area contributed by atoms with E-state index >= 15 is 0 Å². The molecule has 0 bridgehead atoms. The van der Waals surface area contributed by atoms with Crippen molar-refractivity contribution < 1.29 is 14.3 Å². The van der Waals surface area contributed by atoms with Crippen LogP contribution in [0, 0.1) is 0 Å². The lowest BCUT2D eigenvalue weighted by Gasteiger charge is -2.23. The zero-order chi connectivity index (χ0) is 15.4. The van der Waals surface area contributed by atoms with E-state index in [-0.39, 0.29) is 12.0 Å². The van der Waals surface area contributed by atoms with E-state index in [2.05, 4.69) is 6.07 Å². The van der Waals surface area contributed by atoms with Crippen molar-refractivity contribution in [2.45, 2.75) is 57.7 Å². The largest absolute Gasteiger partial charge is 0.491 e. The third kappa shape index (κ3) is 4.23. The lowest BCUT2D eigenvalue weighted by molar-refractivity contribution is -0.130. The predicted octanol–water partition coefficient (Wildman–Crippen LogP) is 3.15. The summed E-state index contributed by atoms with van der Waals surface area (Å²) < 4.78 is 11.6. The van der Waals surface area contributed by atoms with Crippen LogP contribution in [-0.2, 0) is 16.1 Å². The van der Waals surface area contributed by atoms with Gasteiger partial charge in [-0.1, -0.05) is 12.1 Å². The average molecular weight is 303 g/mol. The number of benzene rings is 1. The maximum Gasteiger partial charge on any atom is 0.219 e. The molecule has 2 aliphatic rings. The fourth-order valence-electron chi connectivity index (χ4n) is 2.94. The lowest BCUT2D eigenvalue weighted by atomic mass is 10.1. The Labute approximate surface area is 132 Å². The van der Waals surface area contributed by atoms with E-state index in [0.717, 1.165) is 43.6 Å². The third-order valence-corrected chi connectivity index (χ3v) is 4.35. The summed E-state index contributed by atoms with van der Waals surface area (Å²) in [4.78, 5) is 13.7. The van der Waals surface area contributed by atoms with E-state index in [1.54, 1.807) is 6.92 Å². The van der Waals surface area contributed by atoms with Gasteiger partial charge in [0.2, 0.25) is 5.91 Å². The number of rotatable bonds is 6. The number of carbonyl (C=O) groups excluding carboxylic acids is 1. The Bertz CT molecular complexity index is 507. The number of nitrogens with zero attached hydrogens (tertiary/aromatic N) is 1. The molecule has 1 saturated heterocycles. The summed E-state index contributed by atoms with van der Waals surface area (Å²) in [6, 6.07) is 8.51. The summed E-state index contributed by atoms with van der Waals surface area (Å²) in [7, 11) is 0. The molecule has 0 aromatic heterocycles. The van der Waals surface area contributed by atoms with Gasteiger partial charge in [0.1, 0.15) is 12.4 Å². The Kier molecular flexibility index (Phi) is 4.98. The normalized spacial score (nSPS) is 21.4. The van der Waals surface area contributed by atoms with E-state index in [1.165, 1.54) is 6.42 Å². The monoisotopic (exact) mass is 303 g/mol. The second kappa shape index (κ2) is 7.14. The molecular formula is C18H25NO3. The Morgan fingerprint density at radius 3 is 2.86 bits per heavy atom. The number of ether oxygens (including phenoxy) is 2. The highest BCUT2D eigenvalue weighted by Crippen LogP contribution is 2.29. The van der Waals surface area contributed by atoms with Crippen LogP contribution in [0.25, 0.3) is 0 Å². The number of amides is 1. The molecule has 0 spiro atoms. The van der Waals surface area contributed by atoms with Gasteiger partial charge in [-0.25, -0.2) is 0 Å². The smallest absolute Gasteiger partial charge is 0.219 e. The van der Waals surface area contributed by atoms with Crippen molar-refractivity contribution in [3.8, 4) is 5.75 Å². The van der Waals surface area contributed by atoms with Crippen LogP contribution in [0.2, 0.25) is 0 Å². The quantitative estimate of drug-likeness (QED) is 0.810. The molecular weight excluding hydrogens is 278 g/mol. The molecule has 2 fully saturated rings. The molecule has 3 rings (SSSR count). The Morgan fingerprint density at radius 2 is 2.18 bits per heavy atom. The molecule has 22 heavy (non-hydrogen) atoms. The van der Waals surface area contributed by atoms with Crippen molar-refractivity contribution in [1.29, 1.82) is 0 Å². The molecule has 1 aromatic carbocycles. The van der Waals surface area contributed by atoms with E-state index in [9.17, 15) is 4.79 Å². The molecule has 120 valence electrons. The van der Waals surface area contributed by atoms with Crippen molar-refractivity contribution in [1.82, 2.24) is 4.90 Å². The molecule has 1 heterocycles. The van der Waals surface area contributed by atoms with Crippen LogP contribution in [0.15, 0.2) is 24.3 Å². The fraction of sp³-hybridized carbons (Fsp3) is 0.611. The van der Waals surface area contributed by atoms with Gasteiger partial charge >= 0.3 is 0 Å². The van der Waals surface area contributed by atoms with Gasteiger partial charge in [-0.3, -0.25) is 4.79 Å². The standard InChI is InChI=1S/C18H25NO3/c1-14(20)19(16-8-9-16)12-15-5-4-7-17(11-15)22-13-18-6-2-3-10-21-18/h4-5,7,11,16,18H,2-3,6,8-10,12-13H2,1H3/t18-/m1/s1. The summed E-state index contributed by atoms with van der Waals surface area (Å²) >= 11 is 0.